The van der Waals surface area contributed by atoms with Crippen LogP contribution >= 0.6 is 0 Å². The van der Waals surface area contributed by atoms with Crippen molar-refractivity contribution in [3.05, 3.63) is 11.1 Å². The van der Waals surface area contributed by atoms with Gasteiger partial charge in [0.15, 0.2) is 0 Å². The number of hydrogen-bond donors (Lipinski definition) is 0. The van der Waals surface area contributed by atoms with Gasteiger partial charge in [0.2, 0.25) is 0 Å². The zero-order valence-electron chi connectivity index (χ0n) is 7.28. The molecule has 1 aliphatic heterocycles. The Bertz CT molecular complexity index is 143. The molecule has 0 spiro atoms. The molecule has 10 heavy (non-hydrogen) atoms. The van der Waals surface area contributed by atoms with Crippen molar-refractivity contribution in [2.24, 2.45) is 0 Å². The van der Waals surface area contributed by atoms with Gasteiger partial charge >= 0.3 is 0 Å². The van der Waals surface area contributed by atoms with Crippen LogP contribution in [0.3, 0.4) is 0 Å². The number of piperidine rings is 1. The maximum atomic E-state index is 2.39. The van der Waals surface area contributed by atoms with Crippen molar-refractivity contribution in [2.45, 2.75) is 26.7 Å². The van der Waals surface area contributed by atoms with Crippen molar-refractivity contribution in [1.82, 2.24) is 4.90 Å². The minimum Gasteiger partial charge on any atom is -0.302 e. The summed E-state index contributed by atoms with van der Waals surface area (Å²) in [7, 11) is 2.20. The van der Waals surface area contributed by atoms with E-state index in [1.54, 1.807) is 5.57 Å². The summed E-state index contributed by atoms with van der Waals surface area (Å²) in [5.74, 6) is 0. The Morgan fingerprint density at radius 3 is 2.50 bits per heavy atom. The monoisotopic (exact) mass is 139 g/mol. The van der Waals surface area contributed by atoms with Crippen molar-refractivity contribution < 1.29 is 0 Å². The summed E-state index contributed by atoms with van der Waals surface area (Å²) in [6.07, 6.45) is 2.67. The number of nitrogens with zero attached hydrogens (tertiary/aromatic N) is 1. The first-order valence-electron chi connectivity index (χ1n) is 4.04. The van der Waals surface area contributed by atoms with Gasteiger partial charge in [0, 0.05) is 6.54 Å². The van der Waals surface area contributed by atoms with E-state index >= 15 is 0 Å². The Balaban J connectivity index is 2.55. The van der Waals surface area contributed by atoms with Gasteiger partial charge in [0.1, 0.15) is 0 Å². The lowest BCUT2D eigenvalue weighted by molar-refractivity contribution is 0.321. The highest BCUT2D eigenvalue weighted by atomic mass is 15.1. The first-order valence-corrected chi connectivity index (χ1v) is 4.04. The molecule has 0 aromatic carbocycles. The van der Waals surface area contributed by atoms with Crippen molar-refractivity contribution in [3.8, 4) is 0 Å². The van der Waals surface area contributed by atoms with Crippen LogP contribution in [0.2, 0.25) is 0 Å². The normalized spacial score (nSPS) is 21.3. The summed E-state index contributed by atoms with van der Waals surface area (Å²) in [6, 6.07) is 0. The number of allylic oxidation sites excluding steroid dienone is 1. The molecule has 0 atom stereocenters. The molecule has 58 valence electrons. The average Bonchev–Trinajstić information content (AvgIpc) is 1.88. The van der Waals surface area contributed by atoms with Crippen molar-refractivity contribution in [3.63, 3.8) is 0 Å². The van der Waals surface area contributed by atoms with Gasteiger partial charge in [0.25, 0.3) is 0 Å². The zero-order chi connectivity index (χ0) is 7.56. The summed E-state index contributed by atoms with van der Waals surface area (Å²) in [6.45, 7) is 6.90. The number of hydrogen-bond acceptors (Lipinski definition) is 1. The predicted molar refractivity (Wildman–Crippen MR) is 45.1 cm³/mol. The van der Waals surface area contributed by atoms with Gasteiger partial charge in [-0.15, -0.1) is 0 Å². The van der Waals surface area contributed by atoms with Gasteiger partial charge in [0.05, 0.1) is 0 Å². The van der Waals surface area contributed by atoms with Gasteiger partial charge in [-0.3, -0.25) is 0 Å². The molecule has 0 radical (unpaired) electrons. The third kappa shape index (κ3) is 1.84. The highest BCUT2D eigenvalue weighted by molar-refractivity contribution is 5.13. The molecule has 0 aliphatic carbocycles. The van der Waals surface area contributed by atoms with Crippen LogP contribution in [-0.2, 0) is 0 Å². The van der Waals surface area contributed by atoms with Gasteiger partial charge in [-0.05, 0) is 40.3 Å². The molecule has 0 amide bonds. The number of likely N-dealkylation sites (tertiary alicyclic amines) is 1. The summed E-state index contributed by atoms with van der Waals surface area (Å²) in [5.41, 5.74) is 3.17. The van der Waals surface area contributed by atoms with E-state index in [0.717, 1.165) is 0 Å². The van der Waals surface area contributed by atoms with E-state index in [-0.39, 0.29) is 0 Å². The SMILES string of the molecule is CC(C)=C1CCCN(C)C1. The molecule has 0 N–H and O–H groups in total. The Hall–Kier alpha value is -0.300. The Morgan fingerprint density at radius 1 is 1.40 bits per heavy atom. The second kappa shape index (κ2) is 3.20. The van der Waals surface area contributed by atoms with Gasteiger partial charge in [-0.25, -0.2) is 0 Å². The fraction of sp³-hybridized carbons (Fsp3) is 0.778. The third-order valence-corrected chi connectivity index (χ3v) is 2.19. The maximum absolute atomic E-state index is 2.39. The molecule has 0 aromatic rings. The Labute approximate surface area is 63.7 Å². The number of likely N-dealkylation sites (N-methyl/N-ethyl adjacent to an activating group) is 1. The lowest BCUT2D eigenvalue weighted by atomic mass is 10.0. The first kappa shape index (κ1) is 7.80. The van der Waals surface area contributed by atoms with Crippen molar-refractivity contribution in [2.75, 3.05) is 20.1 Å². The smallest absolute Gasteiger partial charge is 0.0192 e. The molecule has 1 heterocycles. The topological polar surface area (TPSA) is 3.24 Å². The van der Waals surface area contributed by atoms with Crippen molar-refractivity contribution >= 4 is 0 Å². The van der Waals surface area contributed by atoms with Gasteiger partial charge in [-0.1, -0.05) is 11.1 Å². The quantitative estimate of drug-likeness (QED) is 0.464. The standard InChI is InChI=1S/C9H17N/c1-8(2)9-5-4-6-10(3)7-9/h4-7H2,1-3H3. The fourth-order valence-electron chi connectivity index (χ4n) is 1.45. The minimum absolute atomic E-state index is 1.20. The molecular formula is C9H17N. The fourth-order valence-corrected chi connectivity index (χ4v) is 1.45. The minimum atomic E-state index is 1.20. The Morgan fingerprint density at radius 2 is 2.10 bits per heavy atom. The Kier molecular flexibility index (Phi) is 2.50. The largest absolute Gasteiger partial charge is 0.302 e. The molecular weight excluding hydrogens is 122 g/mol. The lowest BCUT2D eigenvalue weighted by Gasteiger charge is -2.25. The van der Waals surface area contributed by atoms with E-state index in [2.05, 4.69) is 25.8 Å². The van der Waals surface area contributed by atoms with Crippen molar-refractivity contribution in [1.29, 1.82) is 0 Å². The van der Waals surface area contributed by atoms with E-state index in [9.17, 15) is 0 Å². The molecule has 1 aliphatic rings. The van der Waals surface area contributed by atoms with Crippen LogP contribution in [0.25, 0.3) is 0 Å². The molecule has 0 unspecified atom stereocenters. The van der Waals surface area contributed by atoms with E-state index in [1.165, 1.54) is 31.5 Å². The van der Waals surface area contributed by atoms with Crippen LogP contribution in [0.1, 0.15) is 26.7 Å². The molecule has 1 saturated heterocycles. The highest BCUT2D eigenvalue weighted by Gasteiger charge is 2.10. The van der Waals surface area contributed by atoms with E-state index in [1.807, 2.05) is 0 Å². The molecule has 0 saturated carbocycles. The van der Waals surface area contributed by atoms with Gasteiger partial charge < -0.3 is 4.90 Å². The third-order valence-electron chi connectivity index (χ3n) is 2.19. The summed E-state index contributed by atoms with van der Waals surface area (Å²) < 4.78 is 0. The maximum Gasteiger partial charge on any atom is 0.0192 e. The van der Waals surface area contributed by atoms with Crippen LogP contribution in [0.5, 0.6) is 0 Å². The molecule has 0 aromatic heterocycles. The number of rotatable bonds is 0. The van der Waals surface area contributed by atoms with Crippen LogP contribution in [-0.4, -0.2) is 25.0 Å². The molecule has 1 rings (SSSR count). The lowest BCUT2D eigenvalue weighted by Crippen LogP contribution is -2.27. The predicted octanol–water partition coefficient (Wildman–Crippen LogP) is 2.05. The molecule has 1 heteroatoms. The van der Waals surface area contributed by atoms with Crippen LogP contribution in [0, 0.1) is 0 Å². The van der Waals surface area contributed by atoms with E-state index in [0.29, 0.717) is 0 Å². The average molecular weight is 139 g/mol. The summed E-state index contributed by atoms with van der Waals surface area (Å²) in [4.78, 5) is 2.39. The highest BCUT2D eigenvalue weighted by Crippen LogP contribution is 2.16. The van der Waals surface area contributed by atoms with E-state index in [4.69, 9.17) is 0 Å². The van der Waals surface area contributed by atoms with Crippen LogP contribution < -0.4 is 0 Å². The first-order chi connectivity index (χ1) is 4.70. The van der Waals surface area contributed by atoms with E-state index < -0.39 is 0 Å². The second-order valence-electron chi connectivity index (χ2n) is 3.44. The zero-order valence-corrected chi connectivity index (χ0v) is 7.28. The van der Waals surface area contributed by atoms with Crippen LogP contribution in [0.15, 0.2) is 11.1 Å². The molecule has 1 nitrogen and oxygen atoms in total. The molecule has 1 fully saturated rings. The second-order valence-corrected chi connectivity index (χ2v) is 3.44. The summed E-state index contributed by atoms with van der Waals surface area (Å²) in [5, 5.41) is 0. The summed E-state index contributed by atoms with van der Waals surface area (Å²) >= 11 is 0. The van der Waals surface area contributed by atoms with Crippen LogP contribution in [0.4, 0.5) is 0 Å². The van der Waals surface area contributed by atoms with Gasteiger partial charge in [-0.2, -0.15) is 0 Å². The molecule has 0 bridgehead atoms.